The molecule has 0 aliphatic carbocycles. The lowest BCUT2D eigenvalue weighted by molar-refractivity contribution is 0.0143. The second-order valence-corrected chi connectivity index (χ2v) is 5.47. The van der Waals surface area contributed by atoms with Gasteiger partial charge in [-0.15, -0.1) is 0 Å². The van der Waals surface area contributed by atoms with E-state index in [0.29, 0.717) is 10.1 Å². The zero-order valence-corrected chi connectivity index (χ0v) is 14.8. The Bertz CT molecular complexity index is 967. The van der Waals surface area contributed by atoms with Gasteiger partial charge >= 0.3 is 5.69 Å². The molecule has 27 heavy (non-hydrogen) atoms. The molecule has 0 radical (unpaired) electrons. The minimum atomic E-state index is -0.916. The van der Waals surface area contributed by atoms with Gasteiger partial charge in [0, 0.05) is 7.05 Å². The van der Waals surface area contributed by atoms with E-state index in [-0.39, 0.29) is 24.7 Å². The summed E-state index contributed by atoms with van der Waals surface area (Å²) >= 11 is 0. The topological polar surface area (TPSA) is 114 Å². The Labute approximate surface area is 153 Å². The van der Waals surface area contributed by atoms with Gasteiger partial charge in [0.25, 0.3) is 11.5 Å². The molecular formula is C17H19FN4O5. The smallest absolute Gasteiger partial charge is 0.329 e. The van der Waals surface area contributed by atoms with Crippen molar-refractivity contribution in [3.05, 3.63) is 68.8 Å². The van der Waals surface area contributed by atoms with E-state index in [4.69, 9.17) is 9.57 Å². The highest BCUT2D eigenvalue weighted by Crippen LogP contribution is 2.20. The highest BCUT2D eigenvalue weighted by molar-refractivity contribution is 5.98. The van der Waals surface area contributed by atoms with E-state index in [1.165, 1.54) is 25.4 Å². The molecule has 1 aromatic carbocycles. The average molecular weight is 378 g/mol. The first-order valence-corrected chi connectivity index (χ1v) is 7.86. The number of aryl methyl sites for hydroxylation is 1. The fraction of sp³-hybridized carbons (Fsp3) is 0.235. The van der Waals surface area contributed by atoms with Crippen molar-refractivity contribution < 1.29 is 18.8 Å². The Morgan fingerprint density at radius 2 is 2.11 bits per heavy atom. The van der Waals surface area contributed by atoms with Gasteiger partial charge in [0.15, 0.2) is 0 Å². The standard InChI is InChI=1S/C17H19FN4O5/c1-4-26-7-8-27-21-15(23)13-14(20-17(25)22(3)16(13)24)19-12-6-5-10(2)9-11(12)18/h4-6,9,19H,1,7-8H2,2-3H3,(H,20,25)(H,21,23). The number of halogens is 1. The number of amides is 1. The number of aromatic amines is 1. The van der Waals surface area contributed by atoms with E-state index < -0.39 is 28.5 Å². The SMILES string of the molecule is C=COCCONC(=O)c1c(Nc2ccc(C)cc2F)[nH]c(=O)n(C)c1=O. The molecule has 144 valence electrons. The summed E-state index contributed by atoms with van der Waals surface area (Å²) < 4.78 is 19.6. The third-order valence-electron chi connectivity index (χ3n) is 3.50. The highest BCUT2D eigenvalue weighted by Gasteiger charge is 2.21. The van der Waals surface area contributed by atoms with Crippen LogP contribution in [0.15, 0.2) is 40.6 Å². The summed E-state index contributed by atoms with van der Waals surface area (Å²) in [7, 11) is 1.20. The summed E-state index contributed by atoms with van der Waals surface area (Å²) in [6.07, 6.45) is 1.21. The van der Waals surface area contributed by atoms with Gasteiger partial charge in [-0.3, -0.25) is 24.0 Å². The van der Waals surface area contributed by atoms with Gasteiger partial charge in [-0.25, -0.2) is 14.7 Å². The number of ether oxygens (including phenoxy) is 1. The molecular weight excluding hydrogens is 359 g/mol. The third kappa shape index (κ3) is 4.82. The first kappa shape index (κ1) is 19.9. The van der Waals surface area contributed by atoms with Gasteiger partial charge in [0.05, 0.1) is 11.9 Å². The summed E-state index contributed by atoms with van der Waals surface area (Å²) in [5.74, 6) is -1.78. The van der Waals surface area contributed by atoms with Crippen LogP contribution in [0.1, 0.15) is 15.9 Å². The molecule has 1 amide bonds. The normalized spacial score (nSPS) is 10.3. The highest BCUT2D eigenvalue weighted by atomic mass is 19.1. The van der Waals surface area contributed by atoms with Crippen LogP contribution in [0.5, 0.6) is 0 Å². The lowest BCUT2D eigenvalue weighted by Gasteiger charge is -2.13. The molecule has 0 atom stereocenters. The van der Waals surface area contributed by atoms with Crippen LogP contribution in [-0.4, -0.2) is 28.7 Å². The van der Waals surface area contributed by atoms with Crippen molar-refractivity contribution in [2.75, 3.05) is 18.5 Å². The van der Waals surface area contributed by atoms with E-state index in [2.05, 4.69) is 22.4 Å². The maximum Gasteiger partial charge on any atom is 0.329 e. The fourth-order valence-electron chi connectivity index (χ4n) is 2.12. The monoisotopic (exact) mass is 378 g/mol. The van der Waals surface area contributed by atoms with Crippen LogP contribution in [0.3, 0.4) is 0 Å². The second-order valence-electron chi connectivity index (χ2n) is 5.47. The van der Waals surface area contributed by atoms with Crippen molar-refractivity contribution in [2.24, 2.45) is 7.05 Å². The number of nitrogens with one attached hydrogen (secondary N) is 3. The Kier molecular flexibility index (Phi) is 6.50. The second kappa shape index (κ2) is 8.81. The van der Waals surface area contributed by atoms with E-state index in [9.17, 15) is 18.8 Å². The van der Waals surface area contributed by atoms with Gasteiger partial charge < -0.3 is 10.1 Å². The Balaban J connectivity index is 2.33. The molecule has 0 aliphatic heterocycles. The number of hydrogen-bond donors (Lipinski definition) is 3. The van der Waals surface area contributed by atoms with Crippen molar-refractivity contribution in [1.82, 2.24) is 15.0 Å². The minimum absolute atomic E-state index is 0.00319. The molecule has 1 aromatic heterocycles. The maximum absolute atomic E-state index is 14.1. The van der Waals surface area contributed by atoms with Crippen LogP contribution in [0.4, 0.5) is 15.9 Å². The zero-order valence-electron chi connectivity index (χ0n) is 14.8. The summed E-state index contributed by atoms with van der Waals surface area (Å²) in [4.78, 5) is 43.8. The number of aromatic nitrogens is 2. The molecule has 0 spiro atoms. The predicted molar refractivity (Wildman–Crippen MR) is 96.3 cm³/mol. The number of carbonyl (C=O) groups is 1. The minimum Gasteiger partial charge on any atom is -0.499 e. The Hall–Kier alpha value is -3.40. The lowest BCUT2D eigenvalue weighted by atomic mass is 10.2. The molecule has 0 unspecified atom stereocenters. The summed E-state index contributed by atoms with van der Waals surface area (Å²) in [6.45, 7) is 5.19. The molecule has 0 saturated carbocycles. The molecule has 2 rings (SSSR count). The van der Waals surface area contributed by atoms with Gasteiger partial charge in [-0.1, -0.05) is 12.6 Å². The van der Waals surface area contributed by atoms with Crippen LogP contribution >= 0.6 is 0 Å². The summed E-state index contributed by atoms with van der Waals surface area (Å²) in [5.41, 5.74) is 0.650. The Morgan fingerprint density at radius 3 is 2.78 bits per heavy atom. The van der Waals surface area contributed by atoms with Crippen LogP contribution in [0, 0.1) is 12.7 Å². The van der Waals surface area contributed by atoms with E-state index in [1.807, 2.05) is 0 Å². The number of hydrogen-bond acceptors (Lipinski definition) is 6. The molecule has 9 nitrogen and oxygen atoms in total. The average Bonchev–Trinajstić information content (AvgIpc) is 2.62. The molecule has 0 saturated heterocycles. The number of hydroxylamine groups is 1. The molecule has 0 fully saturated rings. The fourth-order valence-corrected chi connectivity index (χ4v) is 2.12. The number of carbonyl (C=O) groups excluding carboxylic acids is 1. The van der Waals surface area contributed by atoms with Gasteiger partial charge in [-0.05, 0) is 24.6 Å². The van der Waals surface area contributed by atoms with Crippen molar-refractivity contribution >= 4 is 17.4 Å². The van der Waals surface area contributed by atoms with Crippen LogP contribution in [0.2, 0.25) is 0 Å². The third-order valence-corrected chi connectivity index (χ3v) is 3.50. The lowest BCUT2D eigenvalue weighted by Crippen LogP contribution is -2.40. The molecule has 10 heteroatoms. The molecule has 0 bridgehead atoms. The number of benzene rings is 1. The van der Waals surface area contributed by atoms with Crippen molar-refractivity contribution in [1.29, 1.82) is 0 Å². The number of anilines is 2. The van der Waals surface area contributed by atoms with Crippen molar-refractivity contribution in [3.63, 3.8) is 0 Å². The molecule has 2 aromatic rings. The zero-order chi connectivity index (χ0) is 20.0. The predicted octanol–water partition coefficient (Wildman–Crippen LogP) is 1.09. The summed E-state index contributed by atoms with van der Waals surface area (Å²) in [6, 6.07) is 4.32. The number of nitrogens with zero attached hydrogens (tertiary/aromatic N) is 1. The van der Waals surface area contributed by atoms with Crippen LogP contribution < -0.4 is 22.0 Å². The molecule has 1 heterocycles. The van der Waals surface area contributed by atoms with Gasteiger partial charge in [-0.2, -0.15) is 0 Å². The Morgan fingerprint density at radius 1 is 1.37 bits per heavy atom. The molecule has 3 N–H and O–H groups in total. The quantitative estimate of drug-likeness (QED) is 0.360. The van der Waals surface area contributed by atoms with Gasteiger partial charge in [0.2, 0.25) is 0 Å². The van der Waals surface area contributed by atoms with E-state index in [0.717, 1.165) is 0 Å². The molecule has 0 aliphatic rings. The van der Waals surface area contributed by atoms with Crippen LogP contribution in [0.25, 0.3) is 0 Å². The largest absolute Gasteiger partial charge is 0.499 e. The number of H-pyrrole nitrogens is 1. The summed E-state index contributed by atoms with van der Waals surface area (Å²) in [5, 5.41) is 2.57. The first-order valence-electron chi connectivity index (χ1n) is 7.86. The van der Waals surface area contributed by atoms with E-state index in [1.54, 1.807) is 13.0 Å². The van der Waals surface area contributed by atoms with Gasteiger partial charge in [0.1, 0.15) is 30.4 Å². The number of rotatable bonds is 8. The van der Waals surface area contributed by atoms with Crippen molar-refractivity contribution in [2.45, 2.75) is 6.92 Å². The van der Waals surface area contributed by atoms with Crippen molar-refractivity contribution in [3.8, 4) is 0 Å². The maximum atomic E-state index is 14.1. The first-order chi connectivity index (χ1) is 12.8. The van der Waals surface area contributed by atoms with E-state index >= 15 is 0 Å². The van der Waals surface area contributed by atoms with Crippen LogP contribution in [-0.2, 0) is 16.6 Å².